The van der Waals surface area contributed by atoms with Gasteiger partial charge in [0.2, 0.25) is 5.91 Å². The highest BCUT2D eigenvalue weighted by Crippen LogP contribution is 2.27. The van der Waals surface area contributed by atoms with Crippen molar-refractivity contribution in [3.05, 3.63) is 65.7 Å². The SMILES string of the molecule is CN=C(NCCC(=O)NCc1ccccc1)NCC1Cc2ccccc2O1.I. The lowest BCUT2D eigenvalue weighted by Gasteiger charge is -2.15. The minimum absolute atomic E-state index is 0. The Hall–Kier alpha value is -2.29. The molecular formula is C21H27IN4O2. The van der Waals surface area contributed by atoms with Crippen molar-refractivity contribution in [2.45, 2.75) is 25.5 Å². The van der Waals surface area contributed by atoms with Gasteiger partial charge in [-0.05, 0) is 17.2 Å². The second-order valence-electron chi connectivity index (χ2n) is 6.44. The van der Waals surface area contributed by atoms with Crippen LogP contribution in [-0.2, 0) is 17.8 Å². The van der Waals surface area contributed by atoms with E-state index in [9.17, 15) is 4.79 Å². The fourth-order valence-electron chi connectivity index (χ4n) is 2.98. The Morgan fingerprint density at radius 2 is 1.82 bits per heavy atom. The Morgan fingerprint density at radius 3 is 2.57 bits per heavy atom. The van der Waals surface area contributed by atoms with E-state index in [0.29, 0.717) is 32.0 Å². The minimum Gasteiger partial charge on any atom is -0.488 e. The first-order valence-electron chi connectivity index (χ1n) is 9.24. The predicted molar refractivity (Wildman–Crippen MR) is 122 cm³/mol. The Balaban J connectivity index is 0.00000280. The quantitative estimate of drug-likeness (QED) is 0.314. The van der Waals surface area contributed by atoms with Gasteiger partial charge in [0, 0.05) is 33.0 Å². The number of para-hydroxylation sites is 1. The second kappa shape index (κ2) is 11.5. The number of carbonyl (C=O) groups excluding carboxylic acids is 1. The first-order valence-corrected chi connectivity index (χ1v) is 9.24. The number of amides is 1. The highest BCUT2D eigenvalue weighted by Gasteiger charge is 2.22. The number of nitrogens with one attached hydrogen (secondary N) is 3. The van der Waals surface area contributed by atoms with Gasteiger partial charge in [0.15, 0.2) is 5.96 Å². The summed E-state index contributed by atoms with van der Waals surface area (Å²) >= 11 is 0. The molecule has 0 aliphatic carbocycles. The average molecular weight is 494 g/mol. The number of nitrogens with zero attached hydrogens (tertiary/aromatic N) is 1. The fourth-order valence-corrected chi connectivity index (χ4v) is 2.98. The summed E-state index contributed by atoms with van der Waals surface area (Å²) in [6.45, 7) is 1.73. The second-order valence-corrected chi connectivity index (χ2v) is 6.44. The van der Waals surface area contributed by atoms with Crippen molar-refractivity contribution in [2.24, 2.45) is 4.99 Å². The molecule has 1 atom stereocenters. The molecule has 3 rings (SSSR count). The summed E-state index contributed by atoms with van der Waals surface area (Å²) in [6, 6.07) is 18.0. The molecule has 0 spiro atoms. The van der Waals surface area contributed by atoms with Gasteiger partial charge in [-0.3, -0.25) is 9.79 Å². The number of aliphatic imine (C=N–C) groups is 1. The lowest BCUT2D eigenvalue weighted by Crippen LogP contribution is -2.43. The molecule has 1 unspecified atom stereocenters. The number of fused-ring (bicyclic) bond motifs is 1. The van der Waals surface area contributed by atoms with E-state index in [2.05, 4.69) is 27.0 Å². The van der Waals surface area contributed by atoms with Crippen LogP contribution in [0.25, 0.3) is 0 Å². The van der Waals surface area contributed by atoms with E-state index in [4.69, 9.17) is 4.74 Å². The Kier molecular flexibility index (Phi) is 9.06. The smallest absolute Gasteiger partial charge is 0.222 e. The molecule has 150 valence electrons. The first-order chi connectivity index (χ1) is 13.2. The van der Waals surface area contributed by atoms with Crippen LogP contribution in [-0.4, -0.2) is 38.1 Å². The number of hydrogen-bond donors (Lipinski definition) is 3. The van der Waals surface area contributed by atoms with Gasteiger partial charge in [-0.2, -0.15) is 0 Å². The molecular weight excluding hydrogens is 467 g/mol. The van der Waals surface area contributed by atoms with Crippen LogP contribution in [0.1, 0.15) is 17.5 Å². The molecule has 0 saturated carbocycles. The van der Waals surface area contributed by atoms with Crippen molar-refractivity contribution in [3.8, 4) is 5.75 Å². The average Bonchev–Trinajstić information content (AvgIpc) is 3.12. The zero-order chi connectivity index (χ0) is 18.9. The number of hydrogen-bond acceptors (Lipinski definition) is 3. The molecule has 0 fully saturated rings. The number of carbonyl (C=O) groups is 1. The highest BCUT2D eigenvalue weighted by molar-refractivity contribution is 14.0. The lowest BCUT2D eigenvalue weighted by atomic mass is 10.1. The third-order valence-corrected chi connectivity index (χ3v) is 4.41. The van der Waals surface area contributed by atoms with Crippen molar-refractivity contribution >= 4 is 35.8 Å². The monoisotopic (exact) mass is 494 g/mol. The molecule has 7 heteroatoms. The first kappa shape index (κ1) is 22.0. The van der Waals surface area contributed by atoms with Crippen LogP contribution in [0.3, 0.4) is 0 Å². The summed E-state index contributed by atoms with van der Waals surface area (Å²) in [5, 5.41) is 9.34. The van der Waals surface area contributed by atoms with E-state index < -0.39 is 0 Å². The fraction of sp³-hybridized carbons (Fsp3) is 0.333. The molecule has 0 bridgehead atoms. The molecule has 0 aromatic heterocycles. The van der Waals surface area contributed by atoms with Gasteiger partial charge in [-0.15, -0.1) is 24.0 Å². The van der Waals surface area contributed by atoms with E-state index >= 15 is 0 Å². The molecule has 2 aromatic rings. The van der Waals surface area contributed by atoms with Gasteiger partial charge in [0.05, 0.1) is 6.54 Å². The molecule has 0 saturated heterocycles. The van der Waals surface area contributed by atoms with Crippen molar-refractivity contribution in [1.29, 1.82) is 0 Å². The Bertz CT molecular complexity index is 758. The molecule has 1 aliphatic rings. The van der Waals surface area contributed by atoms with E-state index in [0.717, 1.165) is 17.7 Å². The summed E-state index contributed by atoms with van der Waals surface area (Å²) in [5.74, 6) is 1.64. The molecule has 28 heavy (non-hydrogen) atoms. The van der Waals surface area contributed by atoms with E-state index in [1.54, 1.807) is 7.05 Å². The molecule has 2 aromatic carbocycles. The molecule has 3 N–H and O–H groups in total. The van der Waals surface area contributed by atoms with Gasteiger partial charge in [-0.25, -0.2) is 0 Å². The van der Waals surface area contributed by atoms with Crippen LogP contribution in [0.15, 0.2) is 59.6 Å². The number of rotatable bonds is 7. The number of guanidine groups is 1. The zero-order valence-corrected chi connectivity index (χ0v) is 18.3. The van der Waals surface area contributed by atoms with Crippen LogP contribution < -0.4 is 20.7 Å². The summed E-state index contributed by atoms with van der Waals surface area (Å²) in [5.41, 5.74) is 2.33. The van der Waals surface area contributed by atoms with Crippen molar-refractivity contribution in [3.63, 3.8) is 0 Å². The number of ether oxygens (including phenoxy) is 1. The molecule has 0 radical (unpaired) electrons. The number of halogens is 1. The Morgan fingerprint density at radius 1 is 1.07 bits per heavy atom. The van der Waals surface area contributed by atoms with Crippen LogP contribution in [0.2, 0.25) is 0 Å². The van der Waals surface area contributed by atoms with Gasteiger partial charge < -0.3 is 20.7 Å². The summed E-state index contributed by atoms with van der Waals surface area (Å²) in [7, 11) is 1.72. The maximum absolute atomic E-state index is 11.9. The molecule has 6 nitrogen and oxygen atoms in total. The van der Waals surface area contributed by atoms with Gasteiger partial charge in [0.1, 0.15) is 11.9 Å². The highest BCUT2D eigenvalue weighted by atomic mass is 127. The van der Waals surface area contributed by atoms with Crippen LogP contribution in [0.5, 0.6) is 5.75 Å². The largest absolute Gasteiger partial charge is 0.488 e. The third kappa shape index (κ3) is 6.70. The normalized spacial score (nSPS) is 15.0. The maximum Gasteiger partial charge on any atom is 0.222 e. The van der Waals surface area contributed by atoms with Crippen molar-refractivity contribution in [1.82, 2.24) is 16.0 Å². The summed E-state index contributed by atoms with van der Waals surface area (Å²) in [6.07, 6.45) is 1.37. The standard InChI is InChI=1S/C21H26N4O2.HI/c1-22-21(25-15-18-13-17-9-5-6-10-19(17)27-18)23-12-11-20(26)24-14-16-7-3-2-4-8-16;/h2-10,18H,11-15H2,1H3,(H,24,26)(H2,22,23,25);1H. The van der Waals surface area contributed by atoms with E-state index in [-0.39, 0.29) is 36.0 Å². The van der Waals surface area contributed by atoms with Gasteiger partial charge >= 0.3 is 0 Å². The summed E-state index contributed by atoms with van der Waals surface area (Å²) in [4.78, 5) is 16.1. The minimum atomic E-state index is 0. The summed E-state index contributed by atoms with van der Waals surface area (Å²) < 4.78 is 5.91. The Labute approximate surface area is 183 Å². The molecule has 1 amide bonds. The van der Waals surface area contributed by atoms with Crippen LogP contribution >= 0.6 is 24.0 Å². The maximum atomic E-state index is 11.9. The van der Waals surface area contributed by atoms with E-state index in [1.807, 2.05) is 48.5 Å². The number of benzene rings is 2. The third-order valence-electron chi connectivity index (χ3n) is 4.41. The van der Waals surface area contributed by atoms with Gasteiger partial charge in [-0.1, -0.05) is 48.5 Å². The van der Waals surface area contributed by atoms with Crippen LogP contribution in [0.4, 0.5) is 0 Å². The lowest BCUT2D eigenvalue weighted by molar-refractivity contribution is -0.121. The van der Waals surface area contributed by atoms with Gasteiger partial charge in [0.25, 0.3) is 0 Å². The molecule has 1 heterocycles. The zero-order valence-electron chi connectivity index (χ0n) is 16.0. The van der Waals surface area contributed by atoms with Crippen molar-refractivity contribution in [2.75, 3.05) is 20.1 Å². The van der Waals surface area contributed by atoms with E-state index in [1.165, 1.54) is 5.56 Å². The topological polar surface area (TPSA) is 74.8 Å². The molecule has 1 aliphatic heterocycles. The van der Waals surface area contributed by atoms with Crippen molar-refractivity contribution < 1.29 is 9.53 Å². The van der Waals surface area contributed by atoms with Crippen LogP contribution in [0, 0.1) is 0 Å². The predicted octanol–water partition coefficient (Wildman–Crippen LogP) is 2.48.